The summed E-state index contributed by atoms with van der Waals surface area (Å²) in [5.74, 6) is -0.430. The van der Waals surface area contributed by atoms with E-state index >= 15 is 0 Å². The molecular weight excluding hydrogens is 257 g/mol. The Bertz CT molecular complexity index is 602. The Morgan fingerprint density at radius 1 is 1.45 bits per heavy atom. The topological polar surface area (TPSA) is 47.3 Å². The third kappa shape index (κ3) is 2.80. The van der Waals surface area contributed by atoms with Gasteiger partial charge in [0.2, 0.25) is 0 Å². The fraction of sp³-hybridized carbons (Fsp3) is 0.333. The molecule has 0 N–H and O–H groups in total. The maximum Gasteiger partial charge on any atom is 0.164 e. The number of carbonyl (C=O) groups excluding carboxylic acids is 1. The van der Waals surface area contributed by atoms with E-state index in [0.29, 0.717) is 30.8 Å². The quantitative estimate of drug-likeness (QED) is 0.772. The third-order valence-electron chi connectivity index (χ3n) is 3.18. The summed E-state index contributed by atoms with van der Waals surface area (Å²) in [7, 11) is 3.69. The highest BCUT2D eigenvalue weighted by atomic mass is 19.1. The largest absolute Gasteiger partial charge is 0.383 e. The zero-order valence-corrected chi connectivity index (χ0v) is 11.6. The molecule has 0 spiro atoms. The first-order valence-corrected chi connectivity index (χ1v) is 6.37. The van der Waals surface area contributed by atoms with E-state index in [1.165, 1.54) is 6.07 Å². The minimum Gasteiger partial charge on any atom is -0.383 e. The maximum atomic E-state index is 14.2. The molecule has 1 heterocycles. The van der Waals surface area contributed by atoms with Gasteiger partial charge in [0, 0.05) is 45.4 Å². The van der Waals surface area contributed by atoms with Gasteiger partial charge in [-0.15, -0.1) is 0 Å². The van der Waals surface area contributed by atoms with E-state index < -0.39 is 5.82 Å². The Morgan fingerprint density at radius 3 is 2.85 bits per heavy atom. The van der Waals surface area contributed by atoms with Crippen molar-refractivity contribution in [2.24, 2.45) is 0 Å². The Balaban J connectivity index is 2.31. The summed E-state index contributed by atoms with van der Waals surface area (Å²) in [6, 6.07) is 6.58. The van der Waals surface area contributed by atoms with Crippen molar-refractivity contribution >= 4 is 11.5 Å². The fourth-order valence-electron chi connectivity index (χ4n) is 2.25. The number of Topliss-reactive ketones (excluding diaryl/α,β-unsaturated/α-hetero) is 1. The molecule has 20 heavy (non-hydrogen) atoms. The van der Waals surface area contributed by atoms with Crippen LogP contribution in [0.25, 0.3) is 0 Å². The van der Waals surface area contributed by atoms with Gasteiger partial charge in [-0.2, -0.15) is 5.26 Å². The average Bonchev–Trinajstić information content (AvgIpc) is 2.41. The zero-order valence-electron chi connectivity index (χ0n) is 11.6. The molecule has 4 nitrogen and oxygen atoms in total. The van der Waals surface area contributed by atoms with Crippen LogP contribution in [0.1, 0.15) is 12.0 Å². The van der Waals surface area contributed by atoms with Crippen molar-refractivity contribution in [3.63, 3.8) is 0 Å². The number of carbonyl (C=O) groups is 1. The molecule has 1 aromatic carbocycles. The first-order valence-electron chi connectivity index (χ1n) is 6.37. The number of hydrogen-bond acceptors (Lipinski definition) is 4. The van der Waals surface area contributed by atoms with E-state index in [-0.39, 0.29) is 11.3 Å². The first-order chi connectivity index (χ1) is 9.52. The van der Waals surface area contributed by atoms with E-state index in [9.17, 15) is 9.18 Å². The SMILES string of the molecule is CN(C)/C=C1/CN(c2cccc(C#N)c2F)CCC1=O. The molecule has 1 aromatic rings. The number of anilines is 1. The van der Waals surface area contributed by atoms with Gasteiger partial charge in [0.1, 0.15) is 6.07 Å². The van der Waals surface area contributed by atoms with Crippen LogP contribution in [0.3, 0.4) is 0 Å². The van der Waals surface area contributed by atoms with Crippen molar-refractivity contribution in [1.82, 2.24) is 4.90 Å². The number of piperidine rings is 1. The maximum absolute atomic E-state index is 14.2. The van der Waals surface area contributed by atoms with E-state index in [2.05, 4.69) is 0 Å². The highest BCUT2D eigenvalue weighted by Gasteiger charge is 2.24. The number of benzene rings is 1. The number of halogens is 1. The summed E-state index contributed by atoms with van der Waals surface area (Å²) in [6.07, 6.45) is 2.12. The van der Waals surface area contributed by atoms with Crippen LogP contribution in [0, 0.1) is 17.1 Å². The molecule has 0 saturated carbocycles. The Kier molecular flexibility index (Phi) is 4.04. The summed E-state index contributed by atoms with van der Waals surface area (Å²) in [5, 5.41) is 8.87. The van der Waals surface area contributed by atoms with Crippen molar-refractivity contribution in [1.29, 1.82) is 5.26 Å². The van der Waals surface area contributed by atoms with Crippen molar-refractivity contribution in [3.05, 3.63) is 41.4 Å². The lowest BCUT2D eigenvalue weighted by Crippen LogP contribution is -2.37. The highest BCUT2D eigenvalue weighted by Crippen LogP contribution is 2.25. The molecule has 5 heteroatoms. The van der Waals surface area contributed by atoms with Crippen LogP contribution in [0.2, 0.25) is 0 Å². The third-order valence-corrected chi connectivity index (χ3v) is 3.18. The minimum absolute atomic E-state index is 0.0255. The number of nitrogens with zero attached hydrogens (tertiary/aromatic N) is 3. The van der Waals surface area contributed by atoms with E-state index in [1.54, 1.807) is 28.1 Å². The lowest BCUT2D eigenvalue weighted by Gasteiger charge is -2.30. The molecule has 0 amide bonds. The predicted molar refractivity (Wildman–Crippen MR) is 74.7 cm³/mol. The van der Waals surface area contributed by atoms with Crippen LogP contribution in [0.15, 0.2) is 30.0 Å². The summed E-state index contributed by atoms with van der Waals surface area (Å²) >= 11 is 0. The van der Waals surface area contributed by atoms with Crippen LogP contribution in [0.5, 0.6) is 0 Å². The molecule has 0 unspecified atom stereocenters. The van der Waals surface area contributed by atoms with Crippen LogP contribution < -0.4 is 4.90 Å². The molecular formula is C15H16FN3O. The van der Waals surface area contributed by atoms with Gasteiger partial charge in [-0.05, 0) is 12.1 Å². The lowest BCUT2D eigenvalue weighted by molar-refractivity contribution is -0.116. The van der Waals surface area contributed by atoms with Crippen LogP contribution >= 0.6 is 0 Å². The first kappa shape index (κ1) is 14.1. The summed E-state index contributed by atoms with van der Waals surface area (Å²) in [5.41, 5.74) is 1.06. The normalized spacial score (nSPS) is 17.2. The van der Waals surface area contributed by atoms with Gasteiger partial charge in [-0.25, -0.2) is 4.39 Å². The zero-order chi connectivity index (χ0) is 14.7. The van der Waals surface area contributed by atoms with Crippen molar-refractivity contribution < 1.29 is 9.18 Å². The Hall–Kier alpha value is -2.35. The molecule has 0 atom stereocenters. The van der Waals surface area contributed by atoms with Crippen LogP contribution in [0.4, 0.5) is 10.1 Å². The lowest BCUT2D eigenvalue weighted by atomic mass is 10.0. The second-order valence-electron chi connectivity index (χ2n) is 4.96. The number of nitriles is 1. The van der Waals surface area contributed by atoms with Crippen molar-refractivity contribution in [3.8, 4) is 6.07 Å². The molecule has 0 radical (unpaired) electrons. The van der Waals surface area contributed by atoms with Gasteiger partial charge >= 0.3 is 0 Å². The monoisotopic (exact) mass is 273 g/mol. The summed E-state index contributed by atoms with van der Waals surface area (Å²) in [4.78, 5) is 15.4. The molecule has 0 aromatic heterocycles. The van der Waals surface area contributed by atoms with Gasteiger partial charge in [-0.1, -0.05) is 6.07 Å². The molecule has 1 aliphatic rings. The van der Waals surface area contributed by atoms with E-state index in [0.717, 1.165) is 0 Å². The van der Waals surface area contributed by atoms with Gasteiger partial charge in [0.05, 0.1) is 11.3 Å². The molecule has 2 rings (SSSR count). The van der Waals surface area contributed by atoms with E-state index in [1.807, 2.05) is 20.2 Å². The smallest absolute Gasteiger partial charge is 0.164 e. The average molecular weight is 273 g/mol. The predicted octanol–water partition coefficient (Wildman–Crippen LogP) is 1.92. The molecule has 0 bridgehead atoms. The minimum atomic E-state index is -0.520. The van der Waals surface area contributed by atoms with Crippen molar-refractivity contribution in [2.45, 2.75) is 6.42 Å². The number of rotatable bonds is 2. The standard InChI is InChI=1S/C15H16FN3O/c1-18(2)9-12-10-19(7-6-14(12)20)13-5-3-4-11(8-17)15(13)16/h3-5,9H,6-7,10H2,1-2H3/b12-9-. The molecule has 0 aliphatic carbocycles. The molecule has 104 valence electrons. The molecule has 1 aliphatic heterocycles. The number of hydrogen-bond donors (Lipinski definition) is 0. The van der Waals surface area contributed by atoms with Crippen LogP contribution in [-0.2, 0) is 4.79 Å². The number of ketones is 1. The Labute approximate surface area is 117 Å². The van der Waals surface area contributed by atoms with Gasteiger partial charge < -0.3 is 9.80 Å². The van der Waals surface area contributed by atoms with Gasteiger partial charge in [-0.3, -0.25) is 4.79 Å². The molecule has 1 fully saturated rings. The second-order valence-corrected chi connectivity index (χ2v) is 4.96. The van der Waals surface area contributed by atoms with E-state index in [4.69, 9.17) is 5.26 Å². The second kappa shape index (κ2) is 5.74. The molecule has 1 saturated heterocycles. The van der Waals surface area contributed by atoms with Crippen LogP contribution in [-0.4, -0.2) is 37.9 Å². The summed E-state index contributed by atoms with van der Waals surface area (Å²) in [6.45, 7) is 0.832. The van der Waals surface area contributed by atoms with Crippen molar-refractivity contribution in [2.75, 3.05) is 32.1 Å². The summed E-state index contributed by atoms with van der Waals surface area (Å²) < 4.78 is 14.2. The Morgan fingerprint density at radius 2 is 2.20 bits per heavy atom. The highest BCUT2D eigenvalue weighted by molar-refractivity contribution is 5.97. The van der Waals surface area contributed by atoms with Gasteiger partial charge in [0.25, 0.3) is 0 Å². The fourth-order valence-corrected chi connectivity index (χ4v) is 2.25. The van der Waals surface area contributed by atoms with Gasteiger partial charge in [0.15, 0.2) is 11.6 Å².